The molecule has 0 amide bonds. The van der Waals surface area contributed by atoms with Gasteiger partial charge in [0.15, 0.2) is 0 Å². The smallest absolute Gasteiger partial charge is 0.123 e. The fraction of sp³-hybridized carbons (Fsp3) is 0.364. The first-order valence-corrected chi connectivity index (χ1v) is 4.49. The van der Waals surface area contributed by atoms with Crippen LogP contribution in [0.3, 0.4) is 0 Å². The quantitative estimate of drug-likeness (QED) is 0.577. The van der Waals surface area contributed by atoms with E-state index in [1.807, 2.05) is 13.8 Å². The van der Waals surface area contributed by atoms with Crippen molar-refractivity contribution in [2.45, 2.75) is 20.3 Å². The van der Waals surface area contributed by atoms with Crippen LogP contribution in [0.4, 0.5) is 4.39 Å². The Morgan fingerprint density at radius 2 is 2.08 bits per heavy atom. The summed E-state index contributed by atoms with van der Waals surface area (Å²) in [7, 11) is 0. The first-order chi connectivity index (χ1) is 6.18. The zero-order valence-corrected chi connectivity index (χ0v) is 7.89. The van der Waals surface area contributed by atoms with Gasteiger partial charge in [0.05, 0.1) is 0 Å². The summed E-state index contributed by atoms with van der Waals surface area (Å²) in [6.07, 6.45) is 0.866. The number of aliphatic imine (C=N–C) groups is 1. The Kier molecular flexibility index (Phi) is 1.91. The minimum absolute atomic E-state index is 0.133. The molecule has 0 fully saturated rings. The minimum atomic E-state index is -0.133. The van der Waals surface area contributed by atoms with Crippen LogP contribution in [-0.4, -0.2) is 12.3 Å². The average Bonchev–Trinajstić information content (AvgIpc) is 2.02. The molecule has 0 radical (unpaired) electrons. The molecule has 2 heteroatoms. The Labute approximate surface area is 77.3 Å². The molecule has 0 N–H and O–H groups in total. The monoisotopic (exact) mass is 177 g/mol. The molecule has 1 heterocycles. The molecule has 0 saturated carbocycles. The zero-order chi connectivity index (χ0) is 9.42. The van der Waals surface area contributed by atoms with Crippen LogP contribution >= 0.6 is 0 Å². The summed E-state index contributed by atoms with van der Waals surface area (Å²) in [5.74, 6) is -0.133. The predicted molar refractivity (Wildman–Crippen MR) is 51.9 cm³/mol. The molecule has 68 valence electrons. The summed E-state index contributed by atoms with van der Waals surface area (Å²) in [5.41, 5.74) is 4.28. The van der Waals surface area contributed by atoms with Crippen LogP contribution in [0.5, 0.6) is 0 Å². The van der Waals surface area contributed by atoms with E-state index in [9.17, 15) is 4.39 Å². The van der Waals surface area contributed by atoms with Gasteiger partial charge in [-0.25, -0.2) is 4.39 Å². The molecule has 1 aliphatic rings. The maximum absolute atomic E-state index is 13.0. The summed E-state index contributed by atoms with van der Waals surface area (Å²) in [4.78, 5) is 4.36. The molecule has 0 atom stereocenters. The summed E-state index contributed by atoms with van der Waals surface area (Å²) in [6.45, 7) is 4.72. The van der Waals surface area contributed by atoms with Crippen molar-refractivity contribution in [2.24, 2.45) is 4.99 Å². The maximum atomic E-state index is 13.0. The van der Waals surface area contributed by atoms with E-state index in [0.29, 0.717) is 0 Å². The number of aryl methyl sites for hydroxylation is 1. The van der Waals surface area contributed by atoms with Crippen molar-refractivity contribution in [3.8, 4) is 0 Å². The standard InChI is InChI=1S/C11H12FN/c1-7-5-10(12)6-9-3-4-13-8(2)11(7)9/h5-6H,3-4H2,1-2H3. The van der Waals surface area contributed by atoms with E-state index in [4.69, 9.17) is 0 Å². The van der Waals surface area contributed by atoms with Gasteiger partial charge in [-0.3, -0.25) is 4.99 Å². The van der Waals surface area contributed by atoms with Crippen molar-refractivity contribution in [1.29, 1.82) is 0 Å². The highest BCUT2D eigenvalue weighted by atomic mass is 19.1. The first-order valence-electron chi connectivity index (χ1n) is 4.49. The van der Waals surface area contributed by atoms with Gasteiger partial charge in [0.25, 0.3) is 0 Å². The number of hydrogen-bond donors (Lipinski definition) is 0. The predicted octanol–water partition coefficient (Wildman–Crippen LogP) is 2.50. The molecule has 0 spiro atoms. The molecule has 2 rings (SSSR count). The number of nitrogens with zero attached hydrogens (tertiary/aromatic N) is 1. The molecule has 0 bridgehead atoms. The maximum Gasteiger partial charge on any atom is 0.123 e. The summed E-state index contributed by atoms with van der Waals surface area (Å²) in [5, 5.41) is 0. The summed E-state index contributed by atoms with van der Waals surface area (Å²) < 4.78 is 13.0. The lowest BCUT2D eigenvalue weighted by Gasteiger charge is -2.16. The van der Waals surface area contributed by atoms with E-state index in [1.54, 1.807) is 12.1 Å². The molecule has 0 saturated heterocycles. The second-order valence-corrected chi connectivity index (χ2v) is 3.47. The Hall–Kier alpha value is -1.18. The SMILES string of the molecule is CC1=NCCc2cc(F)cc(C)c21. The van der Waals surface area contributed by atoms with Gasteiger partial charge in [-0.2, -0.15) is 0 Å². The summed E-state index contributed by atoms with van der Waals surface area (Å²) in [6, 6.07) is 3.20. The molecule has 0 aliphatic carbocycles. The second kappa shape index (κ2) is 2.95. The first kappa shape index (κ1) is 8.42. The number of rotatable bonds is 0. The Morgan fingerprint density at radius 1 is 1.31 bits per heavy atom. The second-order valence-electron chi connectivity index (χ2n) is 3.47. The number of fused-ring (bicyclic) bond motifs is 1. The molecule has 13 heavy (non-hydrogen) atoms. The minimum Gasteiger partial charge on any atom is -0.289 e. The van der Waals surface area contributed by atoms with Gasteiger partial charge >= 0.3 is 0 Å². The molecule has 1 aromatic carbocycles. The van der Waals surface area contributed by atoms with Crippen LogP contribution in [-0.2, 0) is 6.42 Å². The molecule has 1 aromatic rings. The highest BCUT2D eigenvalue weighted by Gasteiger charge is 2.13. The number of halogens is 1. The van der Waals surface area contributed by atoms with Crippen LogP contribution in [0.25, 0.3) is 0 Å². The highest BCUT2D eigenvalue weighted by molar-refractivity contribution is 6.02. The molecular weight excluding hydrogens is 165 g/mol. The lowest BCUT2D eigenvalue weighted by molar-refractivity contribution is 0.623. The third kappa shape index (κ3) is 1.37. The molecular formula is C11H12FN. The van der Waals surface area contributed by atoms with Gasteiger partial charge in [-0.05, 0) is 43.5 Å². The van der Waals surface area contributed by atoms with Crippen LogP contribution in [0, 0.1) is 12.7 Å². The Bertz CT molecular complexity index is 380. The fourth-order valence-electron chi connectivity index (χ4n) is 1.95. The van der Waals surface area contributed by atoms with E-state index < -0.39 is 0 Å². The largest absolute Gasteiger partial charge is 0.289 e. The van der Waals surface area contributed by atoms with E-state index >= 15 is 0 Å². The van der Waals surface area contributed by atoms with Gasteiger partial charge in [-0.15, -0.1) is 0 Å². The number of benzene rings is 1. The van der Waals surface area contributed by atoms with Crippen molar-refractivity contribution in [3.63, 3.8) is 0 Å². The van der Waals surface area contributed by atoms with E-state index in [-0.39, 0.29) is 5.82 Å². The van der Waals surface area contributed by atoms with Crippen molar-refractivity contribution in [3.05, 3.63) is 34.6 Å². The molecule has 0 unspecified atom stereocenters. The van der Waals surface area contributed by atoms with Crippen LogP contribution in [0.15, 0.2) is 17.1 Å². The van der Waals surface area contributed by atoms with E-state index in [2.05, 4.69) is 4.99 Å². The Morgan fingerprint density at radius 3 is 2.85 bits per heavy atom. The van der Waals surface area contributed by atoms with Gasteiger partial charge in [0.2, 0.25) is 0 Å². The van der Waals surface area contributed by atoms with Crippen LogP contribution < -0.4 is 0 Å². The fourth-order valence-corrected chi connectivity index (χ4v) is 1.95. The molecule has 1 aliphatic heterocycles. The van der Waals surface area contributed by atoms with Crippen molar-refractivity contribution >= 4 is 5.71 Å². The van der Waals surface area contributed by atoms with Crippen LogP contribution in [0.1, 0.15) is 23.6 Å². The van der Waals surface area contributed by atoms with Crippen LogP contribution in [0.2, 0.25) is 0 Å². The van der Waals surface area contributed by atoms with Gasteiger partial charge in [0, 0.05) is 17.8 Å². The van der Waals surface area contributed by atoms with E-state index in [1.165, 1.54) is 0 Å². The van der Waals surface area contributed by atoms with Gasteiger partial charge < -0.3 is 0 Å². The third-order valence-corrected chi connectivity index (χ3v) is 2.47. The third-order valence-electron chi connectivity index (χ3n) is 2.47. The Balaban J connectivity index is 2.66. The topological polar surface area (TPSA) is 12.4 Å². The zero-order valence-electron chi connectivity index (χ0n) is 7.89. The number of hydrogen-bond acceptors (Lipinski definition) is 1. The van der Waals surface area contributed by atoms with E-state index in [0.717, 1.165) is 35.4 Å². The normalized spacial score (nSPS) is 15.2. The highest BCUT2D eigenvalue weighted by Crippen LogP contribution is 2.21. The van der Waals surface area contributed by atoms with Crippen molar-refractivity contribution in [2.75, 3.05) is 6.54 Å². The van der Waals surface area contributed by atoms with Crippen molar-refractivity contribution in [1.82, 2.24) is 0 Å². The lowest BCUT2D eigenvalue weighted by Crippen LogP contribution is -2.12. The van der Waals surface area contributed by atoms with Gasteiger partial charge in [-0.1, -0.05) is 0 Å². The lowest BCUT2D eigenvalue weighted by atomic mass is 9.94. The molecule has 1 nitrogen and oxygen atoms in total. The van der Waals surface area contributed by atoms with Crippen molar-refractivity contribution < 1.29 is 4.39 Å². The van der Waals surface area contributed by atoms with Gasteiger partial charge in [0.1, 0.15) is 5.82 Å². The summed E-state index contributed by atoms with van der Waals surface area (Å²) >= 11 is 0. The molecule has 0 aromatic heterocycles. The average molecular weight is 177 g/mol.